The Bertz CT molecular complexity index is 841. The van der Waals surface area contributed by atoms with Crippen LogP contribution >= 0.6 is 15.9 Å². The predicted octanol–water partition coefficient (Wildman–Crippen LogP) is 3.68. The van der Waals surface area contributed by atoms with Crippen LogP contribution in [0.15, 0.2) is 59.1 Å². The van der Waals surface area contributed by atoms with E-state index in [0.717, 1.165) is 15.7 Å². The van der Waals surface area contributed by atoms with Gasteiger partial charge in [0.1, 0.15) is 0 Å². The molecule has 28 heavy (non-hydrogen) atoms. The van der Waals surface area contributed by atoms with Crippen LogP contribution in [0, 0.1) is 11.8 Å². The van der Waals surface area contributed by atoms with Gasteiger partial charge in [-0.05, 0) is 39.5 Å². The topological polar surface area (TPSA) is 69.6 Å². The lowest BCUT2D eigenvalue weighted by atomic mass is 9.92. The number of benzene rings is 2. The number of rotatable bonds is 6. The summed E-state index contributed by atoms with van der Waals surface area (Å²) in [5.74, 6) is -0.673. The van der Waals surface area contributed by atoms with Gasteiger partial charge >= 0.3 is 0 Å². The fourth-order valence-corrected chi connectivity index (χ4v) is 4.04. The number of carbonyl (C=O) groups excluding carboxylic acids is 2. The number of para-hydroxylation sites is 1. The average molecular weight is 445 g/mol. The molecule has 0 unspecified atom stereocenters. The Morgan fingerprint density at radius 2 is 1.79 bits per heavy atom. The molecule has 1 aliphatic heterocycles. The SMILES string of the molecule is CC(C)[C@H](NC(=O)[C@H]1CC(=O)N(c2ccccc2Br)C1)[C@@H](O)c1ccccc1. The molecule has 3 rings (SSSR count). The van der Waals surface area contributed by atoms with Crippen LogP contribution in [0.2, 0.25) is 0 Å². The van der Waals surface area contributed by atoms with Crippen LogP contribution in [0.4, 0.5) is 5.69 Å². The number of carbonyl (C=O) groups is 2. The summed E-state index contributed by atoms with van der Waals surface area (Å²) in [7, 11) is 0. The van der Waals surface area contributed by atoms with E-state index in [1.54, 1.807) is 4.90 Å². The van der Waals surface area contributed by atoms with Crippen molar-refractivity contribution in [1.82, 2.24) is 5.32 Å². The normalized spacial score (nSPS) is 19.0. The lowest BCUT2D eigenvalue weighted by molar-refractivity contribution is -0.128. The Morgan fingerprint density at radius 3 is 2.43 bits per heavy atom. The zero-order valence-corrected chi connectivity index (χ0v) is 17.6. The van der Waals surface area contributed by atoms with Crippen LogP contribution in [-0.4, -0.2) is 29.5 Å². The Morgan fingerprint density at radius 1 is 1.14 bits per heavy atom. The van der Waals surface area contributed by atoms with Crippen LogP contribution in [0.3, 0.4) is 0 Å². The van der Waals surface area contributed by atoms with Crippen LogP contribution in [0.5, 0.6) is 0 Å². The molecule has 0 saturated carbocycles. The van der Waals surface area contributed by atoms with Crippen molar-refractivity contribution in [3.8, 4) is 0 Å². The molecule has 0 bridgehead atoms. The molecular weight excluding hydrogens is 420 g/mol. The van der Waals surface area contributed by atoms with Gasteiger partial charge in [-0.3, -0.25) is 9.59 Å². The van der Waals surface area contributed by atoms with Gasteiger partial charge in [0, 0.05) is 17.4 Å². The number of aliphatic hydroxyl groups excluding tert-OH is 1. The van der Waals surface area contributed by atoms with Crippen LogP contribution in [0.25, 0.3) is 0 Å². The van der Waals surface area contributed by atoms with E-state index >= 15 is 0 Å². The highest BCUT2D eigenvalue weighted by molar-refractivity contribution is 9.10. The summed E-state index contributed by atoms with van der Waals surface area (Å²) in [5.41, 5.74) is 1.53. The lowest BCUT2D eigenvalue weighted by Crippen LogP contribution is -2.46. The van der Waals surface area contributed by atoms with E-state index < -0.39 is 18.1 Å². The molecule has 6 heteroatoms. The van der Waals surface area contributed by atoms with Gasteiger partial charge in [0.25, 0.3) is 0 Å². The standard InChI is InChI=1S/C22H25BrN2O3/c1-14(2)20(21(27)15-8-4-3-5-9-15)24-22(28)16-12-19(26)25(13-16)18-11-7-6-10-17(18)23/h3-11,14,16,20-21,27H,12-13H2,1-2H3,(H,24,28)/t16-,20-,21-/m0/s1. The van der Waals surface area contributed by atoms with Crippen molar-refractivity contribution in [3.63, 3.8) is 0 Å². The third-order valence-electron chi connectivity index (χ3n) is 5.15. The first-order valence-electron chi connectivity index (χ1n) is 9.46. The summed E-state index contributed by atoms with van der Waals surface area (Å²) in [6, 6.07) is 16.4. The molecule has 1 saturated heterocycles. The van der Waals surface area contributed by atoms with Crippen molar-refractivity contribution in [2.24, 2.45) is 11.8 Å². The first-order valence-corrected chi connectivity index (χ1v) is 10.3. The number of nitrogens with one attached hydrogen (secondary N) is 1. The second-order valence-corrected chi connectivity index (χ2v) is 8.35. The predicted molar refractivity (Wildman–Crippen MR) is 113 cm³/mol. The molecule has 148 valence electrons. The van der Waals surface area contributed by atoms with Crippen molar-refractivity contribution in [2.75, 3.05) is 11.4 Å². The molecule has 1 heterocycles. The van der Waals surface area contributed by atoms with E-state index in [1.807, 2.05) is 68.4 Å². The molecule has 0 spiro atoms. The molecule has 2 aromatic carbocycles. The Kier molecular flexibility index (Phi) is 6.52. The molecule has 2 amide bonds. The van der Waals surface area contributed by atoms with Gasteiger partial charge in [0.2, 0.25) is 11.8 Å². The summed E-state index contributed by atoms with van der Waals surface area (Å²) in [6.07, 6.45) is -0.638. The Hall–Kier alpha value is -2.18. The summed E-state index contributed by atoms with van der Waals surface area (Å²) in [5, 5.41) is 13.7. The second kappa shape index (κ2) is 8.88. The van der Waals surface area contributed by atoms with E-state index in [-0.39, 0.29) is 24.2 Å². The maximum Gasteiger partial charge on any atom is 0.227 e. The fraction of sp³-hybridized carbons (Fsp3) is 0.364. The lowest BCUT2D eigenvalue weighted by Gasteiger charge is -2.29. The number of aliphatic hydroxyl groups is 1. The summed E-state index contributed by atoms with van der Waals surface area (Å²) in [4.78, 5) is 27.0. The maximum absolute atomic E-state index is 12.9. The quantitative estimate of drug-likeness (QED) is 0.713. The zero-order valence-electron chi connectivity index (χ0n) is 16.0. The molecular formula is C22H25BrN2O3. The van der Waals surface area contributed by atoms with E-state index in [9.17, 15) is 14.7 Å². The van der Waals surface area contributed by atoms with Crippen molar-refractivity contribution in [1.29, 1.82) is 0 Å². The Balaban J connectivity index is 1.71. The minimum atomic E-state index is -0.804. The minimum absolute atomic E-state index is 0.0376. The van der Waals surface area contributed by atoms with Gasteiger partial charge in [0.05, 0.1) is 23.8 Å². The molecule has 5 nitrogen and oxygen atoms in total. The van der Waals surface area contributed by atoms with E-state index in [1.165, 1.54) is 0 Å². The second-order valence-electron chi connectivity index (χ2n) is 7.49. The smallest absolute Gasteiger partial charge is 0.227 e. The number of anilines is 1. The molecule has 3 atom stereocenters. The van der Waals surface area contributed by atoms with Gasteiger partial charge < -0.3 is 15.3 Å². The number of hydrogen-bond acceptors (Lipinski definition) is 3. The summed E-state index contributed by atoms with van der Waals surface area (Å²) < 4.78 is 0.823. The number of hydrogen-bond donors (Lipinski definition) is 2. The van der Waals surface area contributed by atoms with Crippen molar-refractivity contribution < 1.29 is 14.7 Å². The van der Waals surface area contributed by atoms with Crippen LogP contribution in [-0.2, 0) is 9.59 Å². The van der Waals surface area contributed by atoms with Crippen molar-refractivity contribution in [2.45, 2.75) is 32.4 Å². The molecule has 1 aliphatic rings. The zero-order chi connectivity index (χ0) is 20.3. The summed E-state index contributed by atoms with van der Waals surface area (Å²) in [6.45, 7) is 4.26. The first kappa shape index (κ1) is 20.6. The van der Waals surface area contributed by atoms with E-state index in [4.69, 9.17) is 0 Å². The highest BCUT2D eigenvalue weighted by Crippen LogP contribution is 2.31. The van der Waals surface area contributed by atoms with Gasteiger partial charge in [-0.1, -0.05) is 56.3 Å². The number of amides is 2. The van der Waals surface area contributed by atoms with Crippen LogP contribution < -0.4 is 10.2 Å². The maximum atomic E-state index is 12.9. The minimum Gasteiger partial charge on any atom is -0.386 e. The molecule has 1 fully saturated rings. The number of nitrogens with zero attached hydrogens (tertiary/aromatic N) is 1. The third kappa shape index (κ3) is 4.45. The fourth-order valence-electron chi connectivity index (χ4n) is 3.54. The largest absolute Gasteiger partial charge is 0.386 e. The van der Waals surface area contributed by atoms with Gasteiger partial charge in [0.15, 0.2) is 0 Å². The Labute approximate surface area is 173 Å². The molecule has 0 aliphatic carbocycles. The summed E-state index contributed by atoms with van der Waals surface area (Å²) >= 11 is 3.47. The average Bonchev–Trinajstić information content (AvgIpc) is 3.08. The van der Waals surface area contributed by atoms with Gasteiger partial charge in [-0.15, -0.1) is 0 Å². The molecule has 2 aromatic rings. The highest BCUT2D eigenvalue weighted by atomic mass is 79.9. The first-order chi connectivity index (χ1) is 13.4. The third-order valence-corrected chi connectivity index (χ3v) is 5.82. The molecule has 0 aromatic heterocycles. The van der Waals surface area contributed by atoms with Crippen LogP contribution in [0.1, 0.15) is 31.9 Å². The highest BCUT2D eigenvalue weighted by Gasteiger charge is 2.37. The number of halogens is 1. The van der Waals surface area contributed by atoms with Crippen molar-refractivity contribution in [3.05, 3.63) is 64.6 Å². The van der Waals surface area contributed by atoms with E-state index in [2.05, 4.69) is 21.2 Å². The van der Waals surface area contributed by atoms with Gasteiger partial charge in [-0.25, -0.2) is 0 Å². The van der Waals surface area contributed by atoms with E-state index in [0.29, 0.717) is 6.54 Å². The monoisotopic (exact) mass is 444 g/mol. The van der Waals surface area contributed by atoms with Crippen molar-refractivity contribution >= 4 is 33.4 Å². The molecule has 2 N–H and O–H groups in total. The van der Waals surface area contributed by atoms with Gasteiger partial charge in [-0.2, -0.15) is 0 Å². The molecule has 0 radical (unpaired) electrons.